The Morgan fingerprint density at radius 2 is 1.50 bits per heavy atom. The first-order chi connectivity index (χ1) is 19.6. The summed E-state index contributed by atoms with van der Waals surface area (Å²) < 4.78 is 128. The number of hydrogen-bond donors (Lipinski definition) is 1. The fourth-order valence-corrected chi connectivity index (χ4v) is 5.70. The van der Waals surface area contributed by atoms with Crippen LogP contribution in [0.25, 0.3) is 0 Å². The molecule has 4 rings (SSSR count). The predicted molar refractivity (Wildman–Crippen MR) is 140 cm³/mol. The largest absolute Gasteiger partial charge is 0.461 e. The van der Waals surface area contributed by atoms with Gasteiger partial charge >= 0.3 is 18.7 Å². The lowest BCUT2D eigenvalue weighted by molar-refractivity contribution is -0.253. The summed E-state index contributed by atoms with van der Waals surface area (Å²) in [6.07, 6.45) is -13.0. The molecule has 5 nitrogen and oxygen atoms in total. The summed E-state index contributed by atoms with van der Waals surface area (Å²) in [6, 6.07) is 18.3. The minimum absolute atomic E-state index is 0.0379. The molecule has 1 N–H and O–H groups in total. The summed E-state index contributed by atoms with van der Waals surface area (Å²) >= 11 is 6.00. The molecule has 4 aromatic rings. The van der Waals surface area contributed by atoms with E-state index in [-0.39, 0.29) is 22.7 Å². The molecule has 1 heterocycles. The standard InChI is InChI=1S/C28H20ClF7N2O3S/c29-21-12-13-24(37-17-21)26(16-18-6-2-1-3-7-18,19-8-4-10-22(14-19)41-28(35,36)25(30)31)38-42(39,40)23-11-5-9-20(15-23)27(32,33)34/h1-15,17,25,38H,16H2/t26-/m0/s1. The number of nitrogens with zero attached hydrogens (tertiary/aromatic N) is 1. The zero-order chi connectivity index (χ0) is 30.8. The first kappa shape index (κ1) is 31.3. The molecule has 0 saturated carbocycles. The maximum atomic E-state index is 13.8. The highest BCUT2D eigenvalue weighted by atomic mass is 35.5. The third-order valence-corrected chi connectivity index (χ3v) is 7.81. The minimum atomic E-state index is -4.88. The van der Waals surface area contributed by atoms with E-state index >= 15 is 0 Å². The third kappa shape index (κ3) is 7.02. The Bertz CT molecular complexity index is 1640. The zero-order valence-electron chi connectivity index (χ0n) is 21.1. The van der Waals surface area contributed by atoms with Crippen molar-refractivity contribution in [2.75, 3.05) is 0 Å². The number of pyridine rings is 1. The highest BCUT2D eigenvalue weighted by Gasteiger charge is 2.45. The molecule has 1 aromatic heterocycles. The average Bonchev–Trinajstić information content (AvgIpc) is 2.93. The SMILES string of the molecule is O=S(=O)(N[C@@](Cc1ccccc1)(c1cccc(OC(F)(F)C(F)F)c1)c1ccc(Cl)cn1)c1cccc(C(F)(F)F)c1. The van der Waals surface area contributed by atoms with E-state index in [2.05, 4.69) is 14.4 Å². The second-order valence-corrected chi connectivity index (χ2v) is 11.2. The summed E-state index contributed by atoms with van der Waals surface area (Å²) in [5.74, 6) is -0.734. The van der Waals surface area contributed by atoms with Crippen LogP contribution in [0.5, 0.6) is 5.75 Å². The van der Waals surface area contributed by atoms with Crippen LogP contribution >= 0.6 is 11.6 Å². The van der Waals surface area contributed by atoms with Crippen molar-refractivity contribution < 1.29 is 43.9 Å². The number of nitrogens with one attached hydrogen (secondary N) is 1. The topological polar surface area (TPSA) is 68.3 Å². The van der Waals surface area contributed by atoms with Gasteiger partial charge in [-0.25, -0.2) is 8.42 Å². The van der Waals surface area contributed by atoms with Gasteiger partial charge in [0.2, 0.25) is 10.0 Å². The minimum Gasteiger partial charge on any atom is -0.428 e. The summed E-state index contributed by atoms with van der Waals surface area (Å²) in [5.41, 5.74) is -2.87. The van der Waals surface area contributed by atoms with Crippen LogP contribution in [0.1, 0.15) is 22.4 Å². The van der Waals surface area contributed by atoms with Crippen LogP contribution in [-0.2, 0) is 28.2 Å². The Labute approximate surface area is 241 Å². The highest BCUT2D eigenvalue weighted by molar-refractivity contribution is 7.89. The Kier molecular flexibility index (Phi) is 8.86. The van der Waals surface area contributed by atoms with Crippen molar-refractivity contribution in [3.8, 4) is 5.75 Å². The predicted octanol–water partition coefficient (Wildman–Crippen LogP) is 7.46. The molecule has 222 valence electrons. The van der Waals surface area contributed by atoms with Gasteiger partial charge in [-0.15, -0.1) is 0 Å². The van der Waals surface area contributed by atoms with Crippen molar-refractivity contribution in [2.45, 2.75) is 35.6 Å². The van der Waals surface area contributed by atoms with E-state index in [9.17, 15) is 39.2 Å². The monoisotopic (exact) mass is 632 g/mol. The summed E-state index contributed by atoms with van der Waals surface area (Å²) in [4.78, 5) is 3.49. The molecule has 0 spiro atoms. The Balaban J connectivity index is 1.96. The van der Waals surface area contributed by atoms with Crippen molar-refractivity contribution >= 4 is 21.6 Å². The average molecular weight is 633 g/mol. The van der Waals surface area contributed by atoms with Crippen LogP contribution in [0.15, 0.2) is 102 Å². The summed E-state index contributed by atoms with van der Waals surface area (Å²) in [7, 11) is -4.82. The second kappa shape index (κ2) is 11.9. The maximum Gasteiger partial charge on any atom is 0.461 e. The van der Waals surface area contributed by atoms with Crippen molar-refractivity contribution in [1.29, 1.82) is 0 Å². The number of sulfonamides is 1. The number of halogens is 8. The first-order valence-electron chi connectivity index (χ1n) is 12.0. The smallest absolute Gasteiger partial charge is 0.428 e. The fraction of sp³-hybridized carbons (Fsp3) is 0.179. The number of rotatable bonds is 10. The number of hydrogen-bond acceptors (Lipinski definition) is 4. The molecular formula is C28H20ClF7N2O3S. The van der Waals surface area contributed by atoms with Crippen molar-refractivity contribution in [3.63, 3.8) is 0 Å². The third-order valence-electron chi connectivity index (χ3n) is 6.09. The molecule has 0 aliphatic carbocycles. The second-order valence-electron chi connectivity index (χ2n) is 9.05. The molecule has 0 fully saturated rings. The van der Waals surface area contributed by atoms with Crippen molar-refractivity contribution in [2.24, 2.45) is 0 Å². The molecule has 1 atom stereocenters. The summed E-state index contributed by atoms with van der Waals surface area (Å²) in [5, 5.41) is 0.154. The van der Waals surface area contributed by atoms with E-state index < -0.39 is 50.5 Å². The normalized spacial score (nSPS) is 14.0. The maximum absolute atomic E-state index is 13.8. The lowest BCUT2D eigenvalue weighted by atomic mass is 9.81. The Morgan fingerprint density at radius 1 is 0.833 bits per heavy atom. The zero-order valence-corrected chi connectivity index (χ0v) is 22.7. The van der Waals surface area contributed by atoms with Crippen LogP contribution in [0.4, 0.5) is 30.7 Å². The molecule has 0 amide bonds. The number of aromatic nitrogens is 1. The van der Waals surface area contributed by atoms with Gasteiger partial charge < -0.3 is 4.74 Å². The van der Waals surface area contributed by atoms with E-state index in [1.165, 1.54) is 30.5 Å². The molecule has 0 saturated heterocycles. The molecular weight excluding hydrogens is 613 g/mol. The number of alkyl halides is 7. The van der Waals surface area contributed by atoms with Crippen LogP contribution < -0.4 is 9.46 Å². The van der Waals surface area contributed by atoms with Crippen molar-refractivity contribution in [3.05, 3.63) is 125 Å². The highest BCUT2D eigenvalue weighted by Crippen LogP contribution is 2.38. The van der Waals surface area contributed by atoms with Gasteiger partial charge in [0.05, 0.1) is 21.2 Å². The van der Waals surface area contributed by atoms with E-state index in [4.69, 9.17) is 11.6 Å². The van der Waals surface area contributed by atoms with Gasteiger partial charge in [0.25, 0.3) is 0 Å². The van der Waals surface area contributed by atoms with Crippen LogP contribution in [0.3, 0.4) is 0 Å². The van der Waals surface area contributed by atoms with E-state index in [1.54, 1.807) is 30.3 Å². The van der Waals surface area contributed by atoms with Gasteiger partial charge in [-0.2, -0.15) is 35.5 Å². The van der Waals surface area contributed by atoms with Crippen LogP contribution in [-0.4, -0.2) is 25.9 Å². The number of ether oxygens (including phenoxy) is 1. The Hall–Kier alpha value is -3.68. The van der Waals surface area contributed by atoms with E-state index in [0.717, 1.165) is 24.3 Å². The van der Waals surface area contributed by atoms with Crippen LogP contribution in [0, 0.1) is 0 Å². The molecule has 0 bridgehead atoms. The molecule has 0 unspecified atom stereocenters. The molecule has 0 radical (unpaired) electrons. The lowest BCUT2D eigenvalue weighted by Gasteiger charge is -2.35. The van der Waals surface area contributed by atoms with Crippen LogP contribution in [0.2, 0.25) is 5.02 Å². The molecule has 42 heavy (non-hydrogen) atoms. The molecule has 14 heteroatoms. The number of benzene rings is 3. The molecule has 3 aromatic carbocycles. The van der Waals surface area contributed by atoms with Crippen molar-refractivity contribution in [1.82, 2.24) is 9.71 Å². The van der Waals surface area contributed by atoms with Gasteiger partial charge in [-0.3, -0.25) is 4.98 Å². The quantitative estimate of drug-likeness (QED) is 0.184. The van der Waals surface area contributed by atoms with E-state index in [1.807, 2.05) is 0 Å². The van der Waals surface area contributed by atoms with Gasteiger partial charge in [-0.05, 0) is 53.6 Å². The Morgan fingerprint density at radius 3 is 2.12 bits per heavy atom. The lowest BCUT2D eigenvalue weighted by Crippen LogP contribution is -2.49. The van der Waals surface area contributed by atoms with E-state index in [0.29, 0.717) is 17.7 Å². The van der Waals surface area contributed by atoms with Gasteiger partial charge in [-0.1, -0.05) is 60.1 Å². The fourth-order valence-electron chi connectivity index (χ4n) is 4.17. The van der Waals surface area contributed by atoms with Gasteiger partial charge in [0.1, 0.15) is 11.3 Å². The summed E-state index contributed by atoms with van der Waals surface area (Å²) in [6.45, 7) is 0. The molecule has 0 aliphatic heterocycles. The van der Waals surface area contributed by atoms with Gasteiger partial charge in [0.15, 0.2) is 0 Å². The van der Waals surface area contributed by atoms with Gasteiger partial charge in [0, 0.05) is 12.6 Å². The molecule has 0 aliphatic rings. The first-order valence-corrected chi connectivity index (χ1v) is 13.8.